The summed E-state index contributed by atoms with van der Waals surface area (Å²) in [5.41, 5.74) is 0.346. The van der Waals surface area contributed by atoms with Crippen molar-refractivity contribution in [2.24, 2.45) is 46.8 Å². The predicted molar refractivity (Wildman–Crippen MR) is 99.7 cm³/mol. The standard InChI is InChI=1S/C23H38O/c1-4-5-16-6-8-18-17(14-16)7-9-20-19(18)12-13-23(3)21(15(2)24)10-11-22(20)23/h16-22H,4-14H2,1-3H3. The van der Waals surface area contributed by atoms with E-state index in [4.69, 9.17) is 0 Å². The van der Waals surface area contributed by atoms with Gasteiger partial charge in [-0.15, -0.1) is 0 Å². The first-order chi connectivity index (χ1) is 11.5. The molecular weight excluding hydrogens is 292 g/mol. The Kier molecular flexibility index (Phi) is 4.59. The van der Waals surface area contributed by atoms with Crippen LogP contribution in [0.2, 0.25) is 0 Å². The average Bonchev–Trinajstić information content (AvgIpc) is 2.92. The highest BCUT2D eigenvalue weighted by atomic mass is 16.1. The van der Waals surface area contributed by atoms with Crippen molar-refractivity contribution in [2.45, 2.75) is 91.4 Å². The van der Waals surface area contributed by atoms with Gasteiger partial charge < -0.3 is 0 Å². The van der Waals surface area contributed by atoms with Gasteiger partial charge in [0.2, 0.25) is 0 Å². The summed E-state index contributed by atoms with van der Waals surface area (Å²) in [5, 5.41) is 0. The first-order valence-electron chi connectivity index (χ1n) is 11.0. The molecule has 0 aliphatic heterocycles. The van der Waals surface area contributed by atoms with E-state index in [0.717, 1.165) is 35.5 Å². The molecule has 0 radical (unpaired) electrons. The Bertz CT molecular complexity index is 482. The van der Waals surface area contributed by atoms with E-state index in [1.807, 2.05) is 6.92 Å². The summed E-state index contributed by atoms with van der Waals surface area (Å²) in [6, 6.07) is 0. The molecule has 8 unspecified atom stereocenters. The smallest absolute Gasteiger partial charge is 0.133 e. The molecular formula is C23H38O. The summed E-state index contributed by atoms with van der Waals surface area (Å²) in [4.78, 5) is 12.2. The second-order valence-corrected chi connectivity index (χ2v) is 10.2. The van der Waals surface area contributed by atoms with E-state index in [1.165, 1.54) is 64.2 Å². The molecule has 4 aliphatic carbocycles. The summed E-state index contributed by atoms with van der Waals surface area (Å²) < 4.78 is 0. The topological polar surface area (TPSA) is 17.1 Å². The highest BCUT2D eigenvalue weighted by Gasteiger charge is 2.57. The van der Waals surface area contributed by atoms with Gasteiger partial charge in [-0.2, -0.15) is 0 Å². The fourth-order valence-corrected chi connectivity index (χ4v) is 8.29. The minimum absolute atomic E-state index is 0.346. The fraction of sp³-hybridized carbons (Fsp3) is 0.957. The monoisotopic (exact) mass is 330 g/mol. The van der Waals surface area contributed by atoms with E-state index >= 15 is 0 Å². The predicted octanol–water partition coefficient (Wildman–Crippen LogP) is 6.26. The van der Waals surface area contributed by atoms with Gasteiger partial charge in [0.15, 0.2) is 0 Å². The second kappa shape index (κ2) is 6.44. The van der Waals surface area contributed by atoms with Gasteiger partial charge in [-0.3, -0.25) is 4.79 Å². The van der Waals surface area contributed by atoms with Crippen molar-refractivity contribution >= 4 is 5.78 Å². The van der Waals surface area contributed by atoms with Crippen LogP contribution in [0.5, 0.6) is 0 Å². The third-order valence-corrected chi connectivity index (χ3v) is 9.25. The van der Waals surface area contributed by atoms with Gasteiger partial charge in [0, 0.05) is 5.92 Å². The lowest BCUT2D eigenvalue weighted by molar-refractivity contribution is -0.128. The second-order valence-electron chi connectivity index (χ2n) is 10.2. The summed E-state index contributed by atoms with van der Waals surface area (Å²) in [5.74, 6) is 6.80. The quantitative estimate of drug-likeness (QED) is 0.597. The van der Waals surface area contributed by atoms with E-state index in [-0.39, 0.29) is 0 Å². The number of hydrogen-bond donors (Lipinski definition) is 0. The lowest BCUT2D eigenvalue weighted by Crippen LogP contribution is -2.49. The highest BCUT2D eigenvalue weighted by Crippen LogP contribution is 2.64. The van der Waals surface area contributed by atoms with Crippen LogP contribution in [0.3, 0.4) is 0 Å². The van der Waals surface area contributed by atoms with Crippen molar-refractivity contribution in [2.75, 3.05) is 0 Å². The molecule has 0 N–H and O–H groups in total. The molecule has 24 heavy (non-hydrogen) atoms. The molecule has 0 aromatic rings. The zero-order valence-corrected chi connectivity index (χ0v) is 16.2. The highest BCUT2D eigenvalue weighted by molar-refractivity contribution is 5.79. The molecule has 1 nitrogen and oxygen atoms in total. The normalized spacial score (nSPS) is 50.7. The molecule has 4 aliphatic rings. The molecule has 4 saturated carbocycles. The minimum Gasteiger partial charge on any atom is -0.300 e. The molecule has 0 aromatic heterocycles. The number of rotatable bonds is 3. The first-order valence-corrected chi connectivity index (χ1v) is 11.0. The number of carbonyl (C=O) groups excluding carboxylic acids is 1. The van der Waals surface area contributed by atoms with Crippen molar-refractivity contribution in [3.63, 3.8) is 0 Å². The van der Waals surface area contributed by atoms with Crippen LogP contribution in [0.4, 0.5) is 0 Å². The Morgan fingerprint density at radius 2 is 1.75 bits per heavy atom. The van der Waals surface area contributed by atoms with Crippen LogP contribution in [-0.2, 0) is 4.79 Å². The maximum atomic E-state index is 12.2. The molecule has 1 heteroatoms. The number of hydrogen-bond acceptors (Lipinski definition) is 1. The van der Waals surface area contributed by atoms with Crippen molar-refractivity contribution in [1.29, 1.82) is 0 Å². The number of fused-ring (bicyclic) bond motifs is 5. The van der Waals surface area contributed by atoms with E-state index in [1.54, 1.807) is 6.42 Å². The molecule has 0 heterocycles. The lowest BCUT2D eigenvalue weighted by Gasteiger charge is -2.56. The Labute approximate surface area is 149 Å². The summed E-state index contributed by atoms with van der Waals surface area (Å²) >= 11 is 0. The minimum atomic E-state index is 0.346. The van der Waals surface area contributed by atoms with Gasteiger partial charge in [0.1, 0.15) is 5.78 Å². The largest absolute Gasteiger partial charge is 0.300 e. The van der Waals surface area contributed by atoms with Crippen LogP contribution in [0, 0.1) is 46.8 Å². The number of Topliss-reactive ketones (excluding diaryl/α,β-unsaturated/α-hetero) is 1. The lowest BCUT2D eigenvalue weighted by atomic mass is 9.49. The van der Waals surface area contributed by atoms with E-state index in [0.29, 0.717) is 17.1 Å². The van der Waals surface area contributed by atoms with Crippen LogP contribution in [0.15, 0.2) is 0 Å². The van der Waals surface area contributed by atoms with Crippen LogP contribution >= 0.6 is 0 Å². The molecule has 0 saturated heterocycles. The Morgan fingerprint density at radius 3 is 2.50 bits per heavy atom. The van der Waals surface area contributed by atoms with Crippen molar-refractivity contribution < 1.29 is 4.79 Å². The zero-order valence-electron chi connectivity index (χ0n) is 16.2. The van der Waals surface area contributed by atoms with Gasteiger partial charge in [-0.1, -0.05) is 33.1 Å². The van der Waals surface area contributed by atoms with Crippen molar-refractivity contribution in [1.82, 2.24) is 0 Å². The molecule has 0 amide bonds. The SMILES string of the molecule is CCCC1CCC2C(CCC3C2CCC2(C)C(C(C)=O)CCC32)C1. The van der Waals surface area contributed by atoms with Crippen LogP contribution in [0.25, 0.3) is 0 Å². The number of carbonyl (C=O) groups is 1. The fourth-order valence-electron chi connectivity index (χ4n) is 8.29. The zero-order chi connectivity index (χ0) is 16.9. The number of ketones is 1. The summed E-state index contributed by atoms with van der Waals surface area (Å²) in [6.45, 7) is 6.70. The van der Waals surface area contributed by atoms with E-state index in [2.05, 4.69) is 13.8 Å². The van der Waals surface area contributed by atoms with Crippen molar-refractivity contribution in [3.8, 4) is 0 Å². The Hall–Kier alpha value is -0.330. The average molecular weight is 331 g/mol. The maximum absolute atomic E-state index is 12.2. The van der Waals surface area contributed by atoms with Crippen LogP contribution < -0.4 is 0 Å². The first kappa shape index (κ1) is 17.1. The van der Waals surface area contributed by atoms with Crippen LogP contribution in [-0.4, -0.2) is 5.78 Å². The summed E-state index contributed by atoms with van der Waals surface area (Å²) in [6.07, 6.45) is 15.7. The Balaban J connectivity index is 1.49. The van der Waals surface area contributed by atoms with Crippen LogP contribution in [0.1, 0.15) is 91.4 Å². The van der Waals surface area contributed by atoms with E-state index in [9.17, 15) is 4.79 Å². The molecule has 0 aromatic carbocycles. The maximum Gasteiger partial charge on any atom is 0.133 e. The van der Waals surface area contributed by atoms with Gasteiger partial charge in [0.05, 0.1) is 0 Å². The molecule has 4 fully saturated rings. The third-order valence-electron chi connectivity index (χ3n) is 9.25. The van der Waals surface area contributed by atoms with E-state index < -0.39 is 0 Å². The molecule has 0 bridgehead atoms. The molecule has 8 atom stereocenters. The molecule has 136 valence electrons. The summed E-state index contributed by atoms with van der Waals surface area (Å²) in [7, 11) is 0. The molecule has 0 spiro atoms. The van der Waals surface area contributed by atoms with Gasteiger partial charge in [-0.05, 0) is 99.2 Å². The Morgan fingerprint density at radius 1 is 0.958 bits per heavy atom. The van der Waals surface area contributed by atoms with Gasteiger partial charge in [-0.25, -0.2) is 0 Å². The van der Waals surface area contributed by atoms with Gasteiger partial charge >= 0.3 is 0 Å². The third kappa shape index (κ3) is 2.60. The molecule has 4 rings (SSSR count). The van der Waals surface area contributed by atoms with Gasteiger partial charge in [0.25, 0.3) is 0 Å². The van der Waals surface area contributed by atoms with Crippen molar-refractivity contribution in [3.05, 3.63) is 0 Å².